The second-order valence-corrected chi connectivity index (χ2v) is 6.24. The Bertz CT molecular complexity index is 391. The molecular formula is C13H20N2. The molecule has 0 aromatic carbocycles. The smallest absolute Gasteiger partial charge is 0.0662 e. The zero-order valence-corrected chi connectivity index (χ0v) is 10.0. The van der Waals surface area contributed by atoms with Crippen LogP contribution >= 0.6 is 0 Å². The molecule has 0 atom stereocenters. The zero-order chi connectivity index (χ0) is 10.7. The number of hydrogen-bond donors (Lipinski definition) is 0. The number of fused-ring (bicyclic) bond motifs is 2. The van der Waals surface area contributed by atoms with Crippen molar-refractivity contribution >= 4 is 0 Å². The minimum absolute atomic E-state index is 0.132. The highest BCUT2D eigenvalue weighted by Crippen LogP contribution is 2.55. The summed E-state index contributed by atoms with van der Waals surface area (Å²) in [4.78, 5) is 0. The van der Waals surface area contributed by atoms with Gasteiger partial charge in [-0.1, -0.05) is 0 Å². The highest BCUT2D eigenvalue weighted by atomic mass is 15.3. The third kappa shape index (κ3) is 1.34. The summed E-state index contributed by atoms with van der Waals surface area (Å²) in [5.41, 5.74) is 3.65. The van der Waals surface area contributed by atoms with Crippen molar-refractivity contribution in [1.29, 1.82) is 0 Å². The van der Waals surface area contributed by atoms with E-state index in [-0.39, 0.29) is 5.54 Å². The van der Waals surface area contributed by atoms with E-state index in [2.05, 4.69) is 31.6 Å². The van der Waals surface area contributed by atoms with Gasteiger partial charge in [0.15, 0.2) is 0 Å². The third-order valence-corrected chi connectivity index (χ3v) is 3.97. The lowest BCUT2D eigenvalue weighted by Gasteiger charge is -2.20. The molecule has 1 saturated carbocycles. The van der Waals surface area contributed by atoms with Crippen molar-refractivity contribution in [3.63, 3.8) is 0 Å². The van der Waals surface area contributed by atoms with Gasteiger partial charge in [0.05, 0.1) is 11.2 Å². The number of nitrogens with zero attached hydrogens (tertiary/aromatic N) is 2. The van der Waals surface area contributed by atoms with E-state index >= 15 is 0 Å². The van der Waals surface area contributed by atoms with Crippen LogP contribution in [-0.4, -0.2) is 9.78 Å². The Morgan fingerprint density at radius 3 is 2.60 bits per heavy atom. The molecule has 82 valence electrons. The summed E-state index contributed by atoms with van der Waals surface area (Å²) in [5, 5.41) is 4.77. The number of aryl methyl sites for hydroxylation is 1. The third-order valence-electron chi connectivity index (χ3n) is 3.97. The molecule has 1 aromatic rings. The minimum Gasteiger partial charge on any atom is -0.267 e. The standard InChI is InChI=1S/C13H20N2/c1-12(2,3)15-9-10-11(14-15)5-4-6-13(10)7-8-13/h9H,4-8H2,1-3H3. The fourth-order valence-corrected chi connectivity index (χ4v) is 2.78. The highest BCUT2D eigenvalue weighted by Gasteiger charge is 2.48. The van der Waals surface area contributed by atoms with E-state index in [0.29, 0.717) is 5.41 Å². The van der Waals surface area contributed by atoms with Gasteiger partial charge in [-0.05, 0) is 63.9 Å². The molecule has 0 radical (unpaired) electrons. The van der Waals surface area contributed by atoms with E-state index in [1.165, 1.54) is 37.8 Å². The SMILES string of the molecule is CC(C)(C)n1cc2c(n1)CCCC21CC1. The molecule has 2 heteroatoms. The van der Waals surface area contributed by atoms with Crippen molar-refractivity contribution in [3.8, 4) is 0 Å². The van der Waals surface area contributed by atoms with Gasteiger partial charge >= 0.3 is 0 Å². The summed E-state index contributed by atoms with van der Waals surface area (Å²) in [7, 11) is 0. The van der Waals surface area contributed by atoms with Gasteiger partial charge in [0.2, 0.25) is 0 Å². The largest absolute Gasteiger partial charge is 0.267 e. The maximum Gasteiger partial charge on any atom is 0.0662 e. The molecule has 0 unspecified atom stereocenters. The lowest BCUT2D eigenvalue weighted by atomic mass is 9.84. The first-order valence-corrected chi connectivity index (χ1v) is 6.11. The monoisotopic (exact) mass is 204 g/mol. The van der Waals surface area contributed by atoms with Crippen molar-refractivity contribution < 1.29 is 0 Å². The Morgan fingerprint density at radius 2 is 2.00 bits per heavy atom. The molecule has 0 saturated heterocycles. The lowest BCUT2D eigenvalue weighted by Crippen LogP contribution is -2.22. The van der Waals surface area contributed by atoms with E-state index in [1.54, 1.807) is 5.56 Å². The van der Waals surface area contributed by atoms with Crippen molar-refractivity contribution in [2.75, 3.05) is 0 Å². The van der Waals surface area contributed by atoms with Crippen LogP contribution in [-0.2, 0) is 17.4 Å². The Kier molecular flexibility index (Phi) is 1.67. The van der Waals surface area contributed by atoms with Gasteiger partial charge in [-0.2, -0.15) is 5.10 Å². The maximum absolute atomic E-state index is 4.77. The second-order valence-electron chi connectivity index (χ2n) is 6.24. The lowest BCUT2D eigenvalue weighted by molar-refractivity contribution is 0.353. The van der Waals surface area contributed by atoms with Crippen LogP contribution in [0.5, 0.6) is 0 Å². The summed E-state index contributed by atoms with van der Waals surface area (Å²) in [6, 6.07) is 0. The number of aromatic nitrogens is 2. The van der Waals surface area contributed by atoms with Crippen LogP contribution in [0.25, 0.3) is 0 Å². The van der Waals surface area contributed by atoms with E-state index < -0.39 is 0 Å². The van der Waals surface area contributed by atoms with Crippen LogP contribution in [0.3, 0.4) is 0 Å². The quantitative estimate of drug-likeness (QED) is 0.635. The molecule has 1 aromatic heterocycles. The van der Waals surface area contributed by atoms with Gasteiger partial charge in [0.1, 0.15) is 0 Å². The maximum atomic E-state index is 4.77. The summed E-state index contributed by atoms with van der Waals surface area (Å²) >= 11 is 0. The average molecular weight is 204 g/mol. The summed E-state index contributed by atoms with van der Waals surface area (Å²) in [6.45, 7) is 6.68. The van der Waals surface area contributed by atoms with Crippen molar-refractivity contribution in [1.82, 2.24) is 9.78 Å². The molecule has 15 heavy (non-hydrogen) atoms. The molecule has 2 aliphatic rings. The van der Waals surface area contributed by atoms with Crippen molar-refractivity contribution in [2.24, 2.45) is 0 Å². The normalized spacial score (nSPS) is 22.9. The summed E-state index contributed by atoms with van der Waals surface area (Å²) < 4.78 is 2.17. The first-order chi connectivity index (χ1) is 7.01. The van der Waals surface area contributed by atoms with Gasteiger partial charge in [0, 0.05) is 6.20 Å². The fourth-order valence-electron chi connectivity index (χ4n) is 2.78. The highest BCUT2D eigenvalue weighted by molar-refractivity contribution is 5.36. The predicted octanol–water partition coefficient (Wildman–Crippen LogP) is 3.01. The predicted molar refractivity (Wildman–Crippen MR) is 61.1 cm³/mol. The van der Waals surface area contributed by atoms with E-state index in [4.69, 9.17) is 5.10 Å². The van der Waals surface area contributed by atoms with Crippen LogP contribution < -0.4 is 0 Å². The average Bonchev–Trinajstić information content (AvgIpc) is 2.76. The molecule has 0 amide bonds. The molecule has 1 heterocycles. The molecule has 2 nitrogen and oxygen atoms in total. The first-order valence-electron chi connectivity index (χ1n) is 6.11. The first kappa shape index (κ1) is 9.44. The summed E-state index contributed by atoms with van der Waals surface area (Å²) in [6.07, 6.45) is 9.05. The zero-order valence-electron chi connectivity index (χ0n) is 10.0. The Morgan fingerprint density at radius 1 is 1.27 bits per heavy atom. The molecule has 1 fully saturated rings. The molecule has 1 spiro atoms. The molecule has 0 bridgehead atoms. The van der Waals surface area contributed by atoms with Gasteiger partial charge in [-0.15, -0.1) is 0 Å². The Labute approximate surface area is 91.7 Å². The number of hydrogen-bond acceptors (Lipinski definition) is 1. The van der Waals surface area contributed by atoms with Crippen LogP contribution in [0.15, 0.2) is 6.20 Å². The summed E-state index contributed by atoms with van der Waals surface area (Å²) in [5.74, 6) is 0. The molecular weight excluding hydrogens is 184 g/mol. The number of rotatable bonds is 0. The Balaban J connectivity index is 2.07. The molecule has 0 N–H and O–H groups in total. The van der Waals surface area contributed by atoms with Crippen LogP contribution in [0.4, 0.5) is 0 Å². The molecule has 3 rings (SSSR count). The van der Waals surface area contributed by atoms with E-state index in [1.807, 2.05) is 0 Å². The topological polar surface area (TPSA) is 17.8 Å². The second kappa shape index (κ2) is 2.66. The molecule has 0 aliphatic heterocycles. The van der Waals surface area contributed by atoms with Crippen molar-refractivity contribution in [3.05, 3.63) is 17.5 Å². The van der Waals surface area contributed by atoms with E-state index in [9.17, 15) is 0 Å². The van der Waals surface area contributed by atoms with Crippen molar-refractivity contribution in [2.45, 2.75) is 63.8 Å². The van der Waals surface area contributed by atoms with Crippen LogP contribution in [0, 0.1) is 0 Å². The van der Waals surface area contributed by atoms with Gasteiger partial charge in [-0.3, -0.25) is 4.68 Å². The molecule has 2 aliphatic carbocycles. The van der Waals surface area contributed by atoms with Crippen LogP contribution in [0.2, 0.25) is 0 Å². The van der Waals surface area contributed by atoms with Gasteiger partial charge < -0.3 is 0 Å². The van der Waals surface area contributed by atoms with Gasteiger partial charge in [0.25, 0.3) is 0 Å². The van der Waals surface area contributed by atoms with E-state index in [0.717, 1.165) is 0 Å². The van der Waals surface area contributed by atoms with Gasteiger partial charge in [-0.25, -0.2) is 0 Å². The van der Waals surface area contributed by atoms with Crippen LogP contribution in [0.1, 0.15) is 57.7 Å². The minimum atomic E-state index is 0.132. The Hall–Kier alpha value is -0.790. The fraction of sp³-hybridized carbons (Fsp3) is 0.769.